The van der Waals surface area contributed by atoms with Crippen LogP contribution in [0.4, 0.5) is 23.7 Å². The molecule has 2 heterocycles. The van der Waals surface area contributed by atoms with Crippen molar-refractivity contribution in [3.8, 4) is 11.5 Å². The second-order valence-corrected chi connectivity index (χ2v) is 7.44. The Morgan fingerprint density at radius 3 is 2.60 bits per heavy atom. The molecule has 0 saturated carbocycles. The summed E-state index contributed by atoms with van der Waals surface area (Å²) in [6.07, 6.45) is -4.10. The van der Waals surface area contributed by atoms with E-state index in [1.165, 1.54) is 4.90 Å². The molecule has 0 spiro atoms. The van der Waals surface area contributed by atoms with Crippen molar-refractivity contribution in [1.82, 2.24) is 4.90 Å². The molecule has 2 amide bonds. The lowest BCUT2D eigenvalue weighted by molar-refractivity contribution is -0.162. The molecule has 1 unspecified atom stereocenters. The van der Waals surface area contributed by atoms with Gasteiger partial charge >= 0.3 is 12.3 Å². The van der Waals surface area contributed by atoms with Crippen LogP contribution in [0.1, 0.15) is 32.3 Å². The van der Waals surface area contributed by atoms with Gasteiger partial charge in [0.15, 0.2) is 6.61 Å². The number of carbonyl (C=O) groups excluding carboxylic acids is 2. The minimum atomic E-state index is -4.57. The Hall–Kier alpha value is -2.65. The largest absolute Gasteiger partial charge is 0.492 e. The molecule has 10 heteroatoms. The molecular formula is C20H25F3N2O5. The van der Waals surface area contributed by atoms with E-state index in [-0.39, 0.29) is 31.0 Å². The zero-order valence-electron chi connectivity index (χ0n) is 16.9. The number of amides is 2. The lowest BCUT2D eigenvalue weighted by Gasteiger charge is -2.30. The van der Waals surface area contributed by atoms with Crippen molar-refractivity contribution in [2.45, 2.75) is 45.4 Å². The first-order chi connectivity index (χ1) is 14.2. The van der Waals surface area contributed by atoms with E-state index < -0.39 is 18.9 Å². The number of rotatable bonds is 5. The maximum absolute atomic E-state index is 12.7. The summed E-state index contributed by atoms with van der Waals surface area (Å²) in [7, 11) is 0. The predicted molar refractivity (Wildman–Crippen MR) is 102 cm³/mol. The predicted octanol–water partition coefficient (Wildman–Crippen LogP) is 3.76. The van der Waals surface area contributed by atoms with E-state index in [1.54, 1.807) is 6.07 Å². The number of carbonyl (C=O) groups is 2. The summed E-state index contributed by atoms with van der Waals surface area (Å²) in [5, 5.41) is 2.87. The van der Waals surface area contributed by atoms with Crippen LogP contribution in [0.2, 0.25) is 0 Å². The van der Waals surface area contributed by atoms with Gasteiger partial charge in [-0.25, -0.2) is 4.79 Å². The molecule has 1 aromatic rings. The molecule has 2 aliphatic rings. The fourth-order valence-electron chi connectivity index (χ4n) is 3.61. The maximum Gasteiger partial charge on any atom is 0.422 e. The van der Waals surface area contributed by atoms with E-state index in [9.17, 15) is 22.8 Å². The van der Waals surface area contributed by atoms with Crippen LogP contribution in [-0.2, 0) is 16.0 Å². The highest BCUT2D eigenvalue weighted by atomic mass is 19.4. The number of hydrogen-bond donors (Lipinski definition) is 1. The fourth-order valence-corrected chi connectivity index (χ4v) is 3.61. The van der Waals surface area contributed by atoms with Crippen LogP contribution >= 0.6 is 0 Å². The lowest BCUT2D eigenvalue weighted by Crippen LogP contribution is -2.42. The average molecular weight is 430 g/mol. The summed E-state index contributed by atoms with van der Waals surface area (Å²) in [5.41, 5.74) is 1.54. The number of alkyl halides is 3. The Morgan fingerprint density at radius 1 is 1.27 bits per heavy atom. The quantitative estimate of drug-likeness (QED) is 0.770. The highest BCUT2D eigenvalue weighted by Gasteiger charge is 2.33. The van der Waals surface area contributed by atoms with Gasteiger partial charge in [0.1, 0.15) is 17.6 Å². The number of hydrogen-bond acceptors (Lipinski definition) is 5. The maximum atomic E-state index is 12.7. The van der Waals surface area contributed by atoms with Crippen LogP contribution in [0.15, 0.2) is 12.1 Å². The van der Waals surface area contributed by atoms with Crippen molar-refractivity contribution in [2.24, 2.45) is 5.92 Å². The Balaban J connectivity index is 1.57. The Kier molecular flexibility index (Phi) is 6.62. The number of nitrogens with zero attached hydrogens (tertiary/aromatic N) is 1. The van der Waals surface area contributed by atoms with Crippen LogP contribution < -0.4 is 14.8 Å². The van der Waals surface area contributed by atoms with Crippen molar-refractivity contribution in [1.29, 1.82) is 0 Å². The molecule has 0 aromatic heterocycles. The zero-order chi connectivity index (χ0) is 21.9. The van der Waals surface area contributed by atoms with Gasteiger partial charge in [-0.3, -0.25) is 4.79 Å². The van der Waals surface area contributed by atoms with E-state index in [4.69, 9.17) is 9.47 Å². The second-order valence-electron chi connectivity index (χ2n) is 7.44. The van der Waals surface area contributed by atoms with Crippen molar-refractivity contribution in [3.63, 3.8) is 0 Å². The summed E-state index contributed by atoms with van der Waals surface area (Å²) in [6.45, 7) is 2.94. The van der Waals surface area contributed by atoms with E-state index in [0.29, 0.717) is 36.6 Å². The smallest absolute Gasteiger partial charge is 0.422 e. The molecule has 1 fully saturated rings. The molecule has 0 aliphatic carbocycles. The third-order valence-electron chi connectivity index (χ3n) is 5.04. The number of halogens is 3. The topological polar surface area (TPSA) is 77.1 Å². The summed E-state index contributed by atoms with van der Waals surface area (Å²) < 4.78 is 52.2. The summed E-state index contributed by atoms with van der Waals surface area (Å²) in [4.78, 5) is 25.7. The number of fused-ring (bicyclic) bond motifs is 1. The standard InChI is InChI=1S/C20H25F3N2O5/c1-3-28-17-9-14-8-12(2)30-16(14)10-15(17)24-18(26)13-4-6-25(7-5-13)19(27)29-11-20(21,22)23/h9-10,12-13H,3-8,11H2,1-2H3,(H,24,26). The molecule has 1 aromatic carbocycles. The van der Waals surface area contributed by atoms with Gasteiger partial charge in [-0.2, -0.15) is 13.2 Å². The van der Waals surface area contributed by atoms with Crippen molar-refractivity contribution in [3.05, 3.63) is 17.7 Å². The molecule has 1 saturated heterocycles. The third kappa shape index (κ3) is 5.48. The van der Waals surface area contributed by atoms with Gasteiger partial charge in [0.2, 0.25) is 5.91 Å². The number of nitrogens with one attached hydrogen (secondary N) is 1. The zero-order valence-corrected chi connectivity index (χ0v) is 16.9. The van der Waals surface area contributed by atoms with E-state index in [1.807, 2.05) is 19.9 Å². The Labute approximate surface area is 172 Å². The summed E-state index contributed by atoms with van der Waals surface area (Å²) >= 11 is 0. The highest BCUT2D eigenvalue weighted by Crippen LogP contribution is 2.38. The first kappa shape index (κ1) is 22.0. The van der Waals surface area contributed by atoms with Gasteiger partial charge in [-0.05, 0) is 32.8 Å². The molecule has 1 atom stereocenters. The second kappa shape index (κ2) is 9.01. The van der Waals surface area contributed by atoms with E-state index in [0.717, 1.165) is 12.0 Å². The number of piperidine rings is 1. The molecule has 166 valence electrons. The van der Waals surface area contributed by atoms with Crippen LogP contribution in [0.25, 0.3) is 0 Å². The van der Waals surface area contributed by atoms with Crippen LogP contribution in [0, 0.1) is 5.92 Å². The molecule has 0 bridgehead atoms. The van der Waals surface area contributed by atoms with Crippen LogP contribution in [0.5, 0.6) is 11.5 Å². The summed E-state index contributed by atoms with van der Waals surface area (Å²) in [6, 6.07) is 3.63. The highest BCUT2D eigenvalue weighted by molar-refractivity contribution is 5.94. The van der Waals surface area contributed by atoms with Gasteiger partial charge in [0.25, 0.3) is 0 Å². The Morgan fingerprint density at radius 2 is 1.97 bits per heavy atom. The first-order valence-corrected chi connectivity index (χ1v) is 9.92. The number of ether oxygens (including phenoxy) is 3. The van der Waals surface area contributed by atoms with Crippen molar-refractivity contribution in [2.75, 3.05) is 31.6 Å². The van der Waals surface area contributed by atoms with Crippen LogP contribution in [-0.4, -0.2) is 55.5 Å². The number of benzene rings is 1. The molecule has 0 radical (unpaired) electrons. The van der Waals surface area contributed by atoms with E-state index >= 15 is 0 Å². The monoisotopic (exact) mass is 430 g/mol. The van der Waals surface area contributed by atoms with Crippen LogP contribution in [0.3, 0.4) is 0 Å². The third-order valence-corrected chi connectivity index (χ3v) is 5.04. The molecule has 3 rings (SSSR count). The van der Waals surface area contributed by atoms with Gasteiger partial charge in [-0.1, -0.05) is 0 Å². The van der Waals surface area contributed by atoms with Crippen molar-refractivity contribution >= 4 is 17.7 Å². The lowest BCUT2D eigenvalue weighted by atomic mass is 9.96. The van der Waals surface area contributed by atoms with Gasteiger partial charge in [-0.15, -0.1) is 0 Å². The van der Waals surface area contributed by atoms with E-state index in [2.05, 4.69) is 10.1 Å². The first-order valence-electron chi connectivity index (χ1n) is 9.92. The van der Waals surface area contributed by atoms with Gasteiger partial charge in [0, 0.05) is 37.1 Å². The Bertz CT molecular complexity index is 791. The van der Waals surface area contributed by atoms with Crippen molar-refractivity contribution < 1.29 is 37.0 Å². The molecule has 1 N–H and O–H groups in total. The minimum Gasteiger partial charge on any atom is -0.492 e. The molecule has 30 heavy (non-hydrogen) atoms. The molecular weight excluding hydrogens is 405 g/mol. The number of likely N-dealkylation sites (tertiary alicyclic amines) is 1. The number of anilines is 1. The average Bonchev–Trinajstić information content (AvgIpc) is 3.05. The fraction of sp³-hybridized carbons (Fsp3) is 0.600. The van der Waals surface area contributed by atoms with Gasteiger partial charge in [0.05, 0.1) is 12.3 Å². The summed E-state index contributed by atoms with van der Waals surface area (Å²) in [5.74, 6) is 0.670. The SMILES string of the molecule is CCOc1cc2c(cc1NC(=O)C1CCN(C(=O)OCC(F)(F)F)CC1)OC(C)C2. The van der Waals surface area contributed by atoms with Gasteiger partial charge < -0.3 is 24.4 Å². The molecule has 2 aliphatic heterocycles. The molecule has 7 nitrogen and oxygen atoms in total. The minimum absolute atomic E-state index is 0.0573. The normalized spacial score (nSPS) is 19.1.